The second-order valence-corrected chi connectivity index (χ2v) is 7.45. The molecule has 1 amide bonds. The number of rotatable bonds is 3. The zero-order valence-corrected chi connectivity index (χ0v) is 16.8. The van der Waals surface area contributed by atoms with Crippen LogP contribution in [0.25, 0.3) is 5.57 Å². The molecule has 5 rings (SSSR count). The van der Waals surface area contributed by atoms with E-state index in [1.165, 1.54) is 0 Å². The Morgan fingerprint density at radius 3 is 2.48 bits per heavy atom. The van der Waals surface area contributed by atoms with E-state index in [1.807, 2.05) is 64.5 Å². The van der Waals surface area contributed by atoms with Gasteiger partial charge in [-0.05, 0) is 34.9 Å². The lowest BCUT2D eigenvalue weighted by Crippen LogP contribution is -2.40. The standard InChI is InChI=1S/C24H20N5O2/c25-15-17-1-3-18(4-2-17)21-16-26-29-10-9-22(27-23(21)29)19-5-7-20(8-6-19)24(30)28-11-13-31-14-12-28/h1-10,16,23H,11-14H2/q+1. The number of nitrogens with zero attached hydrogens (tertiary/aromatic N) is 5. The van der Waals surface area contributed by atoms with Gasteiger partial charge in [0.15, 0.2) is 0 Å². The minimum absolute atomic E-state index is 0.0304. The summed E-state index contributed by atoms with van der Waals surface area (Å²) in [5.41, 5.74) is 5.03. The Bertz CT molecular complexity index is 1180. The summed E-state index contributed by atoms with van der Waals surface area (Å²) < 4.78 is 7.14. The van der Waals surface area contributed by atoms with Gasteiger partial charge in [-0.3, -0.25) is 4.79 Å². The summed E-state index contributed by atoms with van der Waals surface area (Å²) in [7, 11) is 0. The largest absolute Gasteiger partial charge is 0.378 e. The van der Waals surface area contributed by atoms with E-state index in [4.69, 9.17) is 15.0 Å². The number of fused-ring (bicyclic) bond motifs is 1. The zero-order valence-electron chi connectivity index (χ0n) is 16.8. The Hall–Kier alpha value is -3.89. The summed E-state index contributed by atoms with van der Waals surface area (Å²) in [6, 6.07) is 17.1. The highest BCUT2D eigenvalue weighted by Crippen LogP contribution is 2.29. The molecule has 1 unspecified atom stereocenters. The third kappa shape index (κ3) is 3.69. The summed E-state index contributed by atoms with van der Waals surface area (Å²) in [6.45, 7) is 2.43. The van der Waals surface area contributed by atoms with Gasteiger partial charge in [0.05, 0.1) is 36.1 Å². The molecule has 1 saturated heterocycles. The van der Waals surface area contributed by atoms with Crippen LogP contribution in [0, 0.1) is 11.3 Å². The van der Waals surface area contributed by atoms with Crippen LogP contribution in [-0.4, -0.2) is 53.7 Å². The highest BCUT2D eigenvalue weighted by molar-refractivity contribution is 6.09. The highest BCUT2D eigenvalue weighted by atomic mass is 16.5. The number of benzene rings is 2. The molecular weight excluding hydrogens is 390 g/mol. The maximum atomic E-state index is 12.7. The average Bonchev–Trinajstić information content (AvgIpc) is 3.27. The van der Waals surface area contributed by atoms with E-state index < -0.39 is 0 Å². The van der Waals surface area contributed by atoms with Crippen molar-refractivity contribution in [2.75, 3.05) is 26.3 Å². The first kappa shape index (κ1) is 19.1. The average molecular weight is 410 g/mol. The number of morpholine rings is 1. The van der Waals surface area contributed by atoms with Crippen LogP contribution in [0.5, 0.6) is 0 Å². The summed E-state index contributed by atoms with van der Waals surface area (Å²) in [6.07, 6.45) is 5.40. The molecule has 7 nitrogen and oxygen atoms in total. The van der Waals surface area contributed by atoms with Crippen LogP contribution in [0.4, 0.5) is 0 Å². The fraction of sp³-hybridized carbons (Fsp3) is 0.208. The summed E-state index contributed by atoms with van der Waals surface area (Å²) in [5, 5.41) is 13.4. The number of nitriles is 1. The third-order valence-corrected chi connectivity index (χ3v) is 5.58. The first-order chi connectivity index (χ1) is 15.2. The van der Waals surface area contributed by atoms with E-state index in [-0.39, 0.29) is 12.1 Å². The predicted molar refractivity (Wildman–Crippen MR) is 114 cm³/mol. The van der Waals surface area contributed by atoms with Crippen molar-refractivity contribution in [1.82, 2.24) is 4.90 Å². The molecule has 0 radical (unpaired) electrons. The molecule has 2 aromatic rings. The Kier molecular flexibility index (Phi) is 4.98. The Morgan fingerprint density at radius 1 is 1.06 bits per heavy atom. The molecule has 0 spiro atoms. The fourth-order valence-electron chi connectivity index (χ4n) is 3.84. The maximum absolute atomic E-state index is 12.7. The number of ether oxygens (including phenoxy) is 1. The number of carbonyl (C=O) groups excluding carboxylic acids is 1. The van der Waals surface area contributed by atoms with Crippen molar-refractivity contribution in [3.8, 4) is 6.07 Å². The quantitative estimate of drug-likeness (QED) is 0.729. The van der Waals surface area contributed by atoms with Gasteiger partial charge in [0.2, 0.25) is 6.20 Å². The number of amides is 1. The molecule has 152 valence electrons. The normalized spacial score (nSPS) is 19.8. The molecule has 0 N–H and O–H groups in total. The van der Waals surface area contributed by atoms with Crippen molar-refractivity contribution < 1.29 is 14.2 Å². The molecule has 3 aliphatic heterocycles. The van der Waals surface area contributed by atoms with Crippen molar-refractivity contribution in [1.29, 1.82) is 5.26 Å². The molecule has 0 bridgehead atoms. The first-order valence-electron chi connectivity index (χ1n) is 10.2. The topological polar surface area (TPSA) is 81.1 Å². The van der Waals surface area contributed by atoms with Gasteiger partial charge in [0, 0.05) is 30.3 Å². The molecular formula is C24H20N5O2+. The van der Waals surface area contributed by atoms with E-state index in [2.05, 4.69) is 11.2 Å². The van der Waals surface area contributed by atoms with Crippen LogP contribution in [0.1, 0.15) is 27.0 Å². The second kappa shape index (κ2) is 8.09. The van der Waals surface area contributed by atoms with Gasteiger partial charge in [-0.2, -0.15) is 5.26 Å². The summed E-state index contributed by atoms with van der Waals surface area (Å²) in [5.74, 6) is 0.0304. The Morgan fingerprint density at radius 2 is 1.77 bits per heavy atom. The third-order valence-electron chi connectivity index (χ3n) is 5.58. The van der Waals surface area contributed by atoms with Gasteiger partial charge in [-0.1, -0.05) is 29.0 Å². The lowest BCUT2D eigenvalue weighted by molar-refractivity contribution is -0.542. The molecule has 3 heterocycles. The number of hydrogen-bond acceptors (Lipinski definition) is 5. The van der Waals surface area contributed by atoms with Crippen molar-refractivity contribution in [3.63, 3.8) is 0 Å². The maximum Gasteiger partial charge on any atom is 0.305 e. The minimum Gasteiger partial charge on any atom is -0.378 e. The van der Waals surface area contributed by atoms with E-state index >= 15 is 0 Å². The number of azo groups is 2. The molecule has 7 heteroatoms. The monoisotopic (exact) mass is 410 g/mol. The van der Waals surface area contributed by atoms with E-state index in [1.54, 1.807) is 12.1 Å². The van der Waals surface area contributed by atoms with Crippen LogP contribution in [-0.2, 0) is 4.74 Å². The van der Waals surface area contributed by atoms with Crippen molar-refractivity contribution in [3.05, 3.63) is 89.3 Å². The molecule has 0 aliphatic carbocycles. The van der Waals surface area contributed by atoms with Gasteiger partial charge in [0.25, 0.3) is 5.91 Å². The zero-order chi connectivity index (χ0) is 21.2. The fourth-order valence-corrected chi connectivity index (χ4v) is 3.84. The smallest absolute Gasteiger partial charge is 0.305 e. The molecule has 0 aromatic heterocycles. The number of aliphatic imine (C=N–C) groups is 1. The molecule has 2 aromatic carbocycles. The van der Waals surface area contributed by atoms with Gasteiger partial charge in [-0.15, -0.1) is 0 Å². The van der Waals surface area contributed by atoms with Gasteiger partial charge < -0.3 is 9.64 Å². The van der Waals surface area contributed by atoms with Crippen LogP contribution < -0.4 is 0 Å². The van der Waals surface area contributed by atoms with E-state index in [0.717, 1.165) is 22.4 Å². The predicted octanol–water partition coefficient (Wildman–Crippen LogP) is 3.19. The van der Waals surface area contributed by atoms with Crippen molar-refractivity contribution in [2.45, 2.75) is 6.17 Å². The van der Waals surface area contributed by atoms with Crippen LogP contribution in [0.2, 0.25) is 0 Å². The van der Waals surface area contributed by atoms with Crippen LogP contribution in [0.15, 0.2) is 77.1 Å². The molecule has 0 saturated carbocycles. The van der Waals surface area contributed by atoms with Crippen LogP contribution in [0.3, 0.4) is 0 Å². The van der Waals surface area contributed by atoms with E-state index in [0.29, 0.717) is 37.4 Å². The second-order valence-electron chi connectivity index (χ2n) is 7.45. The highest BCUT2D eigenvalue weighted by Gasteiger charge is 2.34. The minimum atomic E-state index is -0.248. The first-order valence-corrected chi connectivity index (χ1v) is 10.2. The summed E-state index contributed by atoms with van der Waals surface area (Å²) in [4.78, 5) is 19.4. The SMILES string of the molecule is N#Cc1ccc(C2=CN=[N+]3C=CC(c4ccc(C(=O)N5CCOCC5)cc4)=NC23)cc1. The molecule has 1 atom stereocenters. The van der Waals surface area contributed by atoms with Gasteiger partial charge in [-0.25, -0.2) is 4.99 Å². The van der Waals surface area contributed by atoms with Gasteiger partial charge in [0.1, 0.15) is 6.20 Å². The number of allylic oxidation sites excluding steroid dienone is 1. The van der Waals surface area contributed by atoms with Crippen LogP contribution >= 0.6 is 0 Å². The van der Waals surface area contributed by atoms with Crippen molar-refractivity contribution in [2.24, 2.45) is 10.1 Å². The van der Waals surface area contributed by atoms with Gasteiger partial charge >= 0.3 is 6.17 Å². The summed E-state index contributed by atoms with van der Waals surface area (Å²) >= 11 is 0. The molecule has 1 fully saturated rings. The molecule has 3 aliphatic rings. The Labute approximate surface area is 179 Å². The van der Waals surface area contributed by atoms with E-state index in [9.17, 15) is 4.79 Å². The lowest BCUT2D eigenvalue weighted by atomic mass is 10.0. The Balaban J connectivity index is 1.36. The molecule has 31 heavy (non-hydrogen) atoms. The van der Waals surface area contributed by atoms with Crippen molar-refractivity contribution >= 4 is 17.2 Å². The number of hydrogen-bond donors (Lipinski definition) is 0. The lowest BCUT2D eigenvalue weighted by Gasteiger charge is -2.26. The number of carbonyl (C=O) groups is 1.